The Morgan fingerprint density at radius 1 is 1.00 bits per heavy atom. The molecule has 3 aromatic rings. The van der Waals surface area contributed by atoms with Gasteiger partial charge in [0.25, 0.3) is 11.8 Å². The van der Waals surface area contributed by atoms with Gasteiger partial charge in [0.05, 0.1) is 11.1 Å². The van der Waals surface area contributed by atoms with Gasteiger partial charge in [-0.3, -0.25) is 25.4 Å². The van der Waals surface area contributed by atoms with Gasteiger partial charge in [-0.2, -0.15) is 0 Å². The van der Waals surface area contributed by atoms with Gasteiger partial charge in [-0.15, -0.1) is 0 Å². The molecule has 0 radical (unpaired) electrons. The van der Waals surface area contributed by atoms with Gasteiger partial charge in [-0.1, -0.05) is 43.3 Å². The summed E-state index contributed by atoms with van der Waals surface area (Å²) in [7, 11) is 0. The lowest BCUT2D eigenvalue weighted by Gasteiger charge is -2.17. The summed E-state index contributed by atoms with van der Waals surface area (Å²) < 4.78 is 5.39. The molecule has 0 saturated heterocycles. The van der Waals surface area contributed by atoms with E-state index < -0.39 is 23.9 Å². The Bertz CT molecular complexity index is 1100. The van der Waals surface area contributed by atoms with Crippen molar-refractivity contribution in [2.75, 3.05) is 0 Å². The van der Waals surface area contributed by atoms with Crippen LogP contribution in [-0.4, -0.2) is 28.9 Å². The van der Waals surface area contributed by atoms with Crippen LogP contribution in [0.25, 0.3) is 10.9 Å². The zero-order valence-corrected chi connectivity index (χ0v) is 17.1. The van der Waals surface area contributed by atoms with Crippen molar-refractivity contribution >= 4 is 28.7 Å². The molecule has 0 aliphatic carbocycles. The molecule has 154 valence electrons. The highest BCUT2D eigenvalue weighted by atomic mass is 16.5. The van der Waals surface area contributed by atoms with E-state index in [1.54, 1.807) is 36.4 Å². The number of hydrazine groups is 1. The lowest BCUT2D eigenvalue weighted by Crippen LogP contribution is -2.46. The zero-order valence-electron chi connectivity index (χ0n) is 17.1. The lowest BCUT2D eigenvalue weighted by molar-refractivity contribution is -0.129. The number of amides is 2. The number of esters is 1. The predicted octanol–water partition coefficient (Wildman–Crippen LogP) is 3.11. The van der Waals surface area contributed by atoms with Gasteiger partial charge in [-0.25, -0.2) is 4.79 Å². The number of rotatable bonds is 5. The van der Waals surface area contributed by atoms with Crippen molar-refractivity contribution in [3.63, 3.8) is 0 Å². The minimum absolute atomic E-state index is 0.394. The third-order valence-electron chi connectivity index (χ3n) is 4.76. The topological polar surface area (TPSA) is 97.4 Å². The summed E-state index contributed by atoms with van der Waals surface area (Å²) in [4.78, 5) is 41.8. The average molecular weight is 405 g/mol. The first-order valence-corrected chi connectivity index (χ1v) is 9.66. The molecule has 0 unspecified atom stereocenters. The van der Waals surface area contributed by atoms with E-state index in [9.17, 15) is 14.4 Å². The highest BCUT2D eigenvalue weighted by Gasteiger charge is 2.24. The summed E-state index contributed by atoms with van der Waals surface area (Å²) in [6.45, 7) is 5.23. The second-order valence-electron chi connectivity index (χ2n) is 6.79. The van der Waals surface area contributed by atoms with Gasteiger partial charge in [0, 0.05) is 16.6 Å². The Kier molecular flexibility index (Phi) is 6.41. The van der Waals surface area contributed by atoms with Crippen molar-refractivity contribution in [1.82, 2.24) is 15.8 Å². The number of ether oxygens (including phenoxy) is 1. The summed E-state index contributed by atoms with van der Waals surface area (Å²) >= 11 is 0. The Balaban J connectivity index is 1.72. The fraction of sp³-hybridized carbons (Fsp3) is 0.217. The van der Waals surface area contributed by atoms with Crippen LogP contribution in [0.4, 0.5) is 0 Å². The van der Waals surface area contributed by atoms with Crippen LogP contribution in [0.15, 0.2) is 54.6 Å². The molecule has 7 nitrogen and oxygen atoms in total. The molecule has 0 bridgehead atoms. The molecule has 0 aliphatic heterocycles. The molecule has 0 saturated carbocycles. The number of hydrogen-bond acceptors (Lipinski definition) is 5. The maximum Gasteiger partial charge on any atom is 0.339 e. The van der Waals surface area contributed by atoms with E-state index in [0.29, 0.717) is 28.5 Å². The highest BCUT2D eigenvalue weighted by Crippen LogP contribution is 2.24. The van der Waals surface area contributed by atoms with Crippen molar-refractivity contribution in [1.29, 1.82) is 0 Å². The Hall–Kier alpha value is -3.74. The molecule has 0 spiro atoms. The molecule has 0 aliphatic rings. The van der Waals surface area contributed by atoms with Crippen LogP contribution in [0.3, 0.4) is 0 Å². The van der Waals surface area contributed by atoms with Crippen LogP contribution < -0.4 is 10.9 Å². The SMILES string of the molecule is CCc1nc2ccccc2c(C(=O)O[C@@H](C)C(=O)NNC(=O)c2ccccc2)c1C. The average Bonchev–Trinajstić information content (AvgIpc) is 2.77. The maximum absolute atomic E-state index is 12.9. The molecule has 1 atom stereocenters. The number of fused-ring (bicyclic) bond motifs is 1. The van der Waals surface area contributed by atoms with Gasteiger partial charge in [0.2, 0.25) is 0 Å². The summed E-state index contributed by atoms with van der Waals surface area (Å²) in [5, 5.41) is 0.669. The number of hydrogen-bond donors (Lipinski definition) is 2. The molecule has 2 N–H and O–H groups in total. The molecule has 2 amide bonds. The number of para-hydroxylation sites is 1. The van der Waals surface area contributed by atoms with E-state index in [2.05, 4.69) is 15.8 Å². The third-order valence-corrected chi connectivity index (χ3v) is 4.76. The fourth-order valence-electron chi connectivity index (χ4n) is 3.12. The first-order valence-electron chi connectivity index (χ1n) is 9.66. The maximum atomic E-state index is 12.9. The Morgan fingerprint density at radius 3 is 2.37 bits per heavy atom. The number of aryl methyl sites for hydroxylation is 1. The summed E-state index contributed by atoms with van der Waals surface area (Å²) in [6, 6.07) is 15.8. The van der Waals surface area contributed by atoms with Crippen molar-refractivity contribution in [2.45, 2.75) is 33.3 Å². The fourth-order valence-corrected chi connectivity index (χ4v) is 3.12. The smallest absolute Gasteiger partial charge is 0.339 e. The van der Waals surface area contributed by atoms with E-state index in [1.807, 2.05) is 32.0 Å². The molecule has 3 rings (SSSR count). The zero-order chi connectivity index (χ0) is 21.7. The van der Waals surface area contributed by atoms with Crippen molar-refractivity contribution in [3.05, 3.63) is 77.0 Å². The van der Waals surface area contributed by atoms with Gasteiger partial charge in [0.15, 0.2) is 6.10 Å². The standard InChI is InChI=1S/C23H23N3O4/c1-4-18-14(2)20(17-12-8-9-13-19(17)24-18)23(29)30-15(3)21(27)25-26-22(28)16-10-6-5-7-11-16/h5-13,15H,4H2,1-3H3,(H,25,27)(H,26,28)/t15-/m0/s1. The third kappa shape index (κ3) is 4.46. The molecule has 1 aromatic heterocycles. The molecular weight excluding hydrogens is 382 g/mol. The van der Waals surface area contributed by atoms with Crippen molar-refractivity contribution in [2.24, 2.45) is 0 Å². The monoisotopic (exact) mass is 405 g/mol. The van der Waals surface area contributed by atoms with Crippen LogP contribution >= 0.6 is 0 Å². The normalized spacial score (nSPS) is 11.6. The van der Waals surface area contributed by atoms with Crippen LogP contribution in [-0.2, 0) is 16.0 Å². The van der Waals surface area contributed by atoms with E-state index >= 15 is 0 Å². The highest BCUT2D eigenvalue weighted by molar-refractivity contribution is 6.05. The van der Waals surface area contributed by atoms with E-state index in [0.717, 1.165) is 11.3 Å². The van der Waals surface area contributed by atoms with Crippen LogP contribution in [0.2, 0.25) is 0 Å². The second kappa shape index (κ2) is 9.17. The predicted molar refractivity (Wildman–Crippen MR) is 113 cm³/mol. The number of aromatic nitrogens is 1. The van der Waals surface area contributed by atoms with Crippen LogP contribution in [0, 0.1) is 6.92 Å². The van der Waals surface area contributed by atoms with Gasteiger partial charge < -0.3 is 4.74 Å². The first-order chi connectivity index (χ1) is 14.4. The summed E-state index contributed by atoms with van der Waals surface area (Å²) in [5.41, 5.74) is 7.61. The van der Waals surface area contributed by atoms with E-state index in [4.69, 9.17) is 4.74 Å². The second-order valence-corrected chi connectivity index (χ2v) is 6.79. The molecule has 30 heavy (non-hydrogen) atoms. The molecule has 7 heteroatoms. The Morgan fingerprint density at radius 2 is 1.67 bits per heavy atom. The number of nitrogens with zero attached hydrogens (tertiary/aromatic N) is 1. The van der Waals surface area contributed by atoms with Crippen molar-refractivity contribution in [3.8, 4) is 0 Å². The Labute approximate surface area is 174 Å². The first kappa shape index (κ1) is 21.0. The van der Waals surface area contributed by atoms with Crippen LogP contribution in [0.1, 0.15) is 45.8 Å². The van der Waals surface area contributed by atoms with Crippen molar-refractivity contribution < 1.29 is 19.1 Å². The molecule has 1 heterocycles. The van der Waals surface area contributed by atoms with Gasteiger partial charge >= 0.3 is 5.97 Å². The molecule has 0 fully saturated rings. The quantitative estimate of drug-likeness (QED) is 0.502. The number of benzene rings is 2. The van der Waals surface area contributed by atoms with Gasteiger partial charge in [0.1, 0.15) is 0 Å². The summed E-state index contributed by atoms with van der Waals surface area (Å²) in [5.74, 6) is -1.72. The number of carbonyl (C=O) groups is 3. The van der Waals surface area contributed by atoms with E-state index in [-0.39, 0.29) is 0 Å². The summed E-state index contributed by atoms with van der Waals surface area (Å²) in [6.07, 6.45) is -0.441. The van der Waals surface area contributed by atoms with Crippen LogP contribution in [0.5, 0.6) is 0 Å². The minimum atomic E-state index is -1.11. The number of pyridine rings is 1. The molecular formula is C23H23N3O4. The lowest BCUT2D eigenvalue weighted by atomic mass is 10.0. The van der Waals surface area contributed by atoms with E-state index in [1.165, 1.54) is 6.92 Å². The number of nitrogens with one attached hydrogen (secondary N) is 2. The largest absolute Gasteiger partial charge is 0.449 e. The molecule has 2 aromatic carbocycles. The van der Waals surface area contributed by atoms with Gasteiger partial charge in [-0.05, 0) is 44.0 Å². The number of carbonyl (C=O) groups excluding carboxylic acids is 3. The minimum Gasteiger partial charge on any atom is -0.449 e.